The molecule has 10 heteroatoms. The highest BCUT2D eigenvalue weighted by Crippen LogP contribution is 2.29. The summed E-state index contributed by atoms with van der Waals surface area (Å²) in [6.07, 6.45) is 8.31. The molecule has 2 aliphatic heterocycles. The van der Waals surface area contributed by atoms with Crippen LogP contribution in [0.25, 0.3) is 5.78 Å². The topological polar surface area (TPSA) is 106 Å². The number of carbonyl (C=O) groups excluding carboxylic acids is 1. The zero-order chi connectivity index (χ0) is 20.7. The van der Waals surface area contributed by atoms with Crippen LogP contribution in [0.2, 0.25) is 0 Å². The van der Waals surface area contributed by atoms with Crippen LogP contribution < -0.4 is 5.32 Å². The molecular weight excluding hydrogens is 406 g/mol. The summed E-state index contributed by atoms with van der Waals surface area (Å²) < 4.78 is 34.8. The van der Waals surface area contributed by atoms with Crippen molar-refractivity contribution in [2.75, 3.05) is 13.1 Å². The number of morpholine rings is 1. The summed E-state index contributed by atoms with van der Waals surface area (Å²) in [5.41, 5.74) is 1.22. The van der Waals surface area contributed by atoms with Crippen molar-refractivity contribution in [3.8, 4) is 0 Å². The van der Waals surface area contributed by atoms with Crippen molar-refractivity contribution < 1.29 is 17.9 Å². The molecule has 2 aliphatic rings. The summed E-state index contributed by atoms with van der Waals surface area (Å²) in [5, 5.41) is 2.82. The minimum atomic E-state index is -3.55. The van der Waals surface area contributed by atoms with Crippen LogP contribution in [-0.4, -0.2) is 58.3 Å². The average molecular weight is 427 g/mol. The number of amides is 1. The number of carbonyl (C=O) groups is 1. The van der Waals surface area contributed by atoms with Gasteiger partial charge in [0.1, 0.15) is 0 Å². The zero-order valence-electron chi connectivity index (χ0n) is 16.1. The molecule has 2 aromatic heterocycles. The Morgan fingerprint density at radius 2 is 1.87 bits per heavy atom. The van der Waals surface area contributed by atoms with Gasteiger partial charge in [0.15, 0.2) is 0 Å². The molecular formula is C20H21N5O4S. The van der Waals surface area contributed by atoms with Gasteiger partial charge in [-0.15, -0.1) is 0 Å². The van der Waals surface area contributed by atoms with Gasteiger partial charge in [0.25, 0.3) is 5.91 Å². The van der Waals surface area contributed by atoms with Gasteiger partial charge in [-0.3, -0.25) is 9.20 Å². The number of benzene rings is 1. The minimum Gasteiger partial charge on any atom is -0.372 e. The molecule has 1 aromatic carbocycles. The molecule has 2 unspecified atom stereocenters. The van der Waals surface area contributed by atoms with Gasteiger partial charge in [-0.05, 0) is 30.5 Å². The molecule has 2 atom stereocenters. The fraction of sp³-hybridized carbons (Fsp3) is 0.350. The van der Waals surface area contributed by atoms with Crippen LogP contribution in [-0.2, 0) is 21.3 Å². The first-order valence-corrected chi connectivity index (χ1v) is 11.2. The number of fused-ring (bicyclic) bond motifs is 3. The number of ether oxygens (including phenoxy) is 1. The smallest absolute Gasteiger partial charge is 0.254 e. The lowest BCUT2D eigenvalue weighted by Crippen LogP contribution is -2.45. The summed E-state index contributed by atoms with van der Waals surface area (Å²) >= 11 is 0. The molecule has 3 aromatic rings. The number of hydrogen-bond acceptors (Lipinski definition) is 6. The summed E-state index contributed by atoms with van der Waals surface area (Å²) in [6, 6.07) is 6.62. The predicted octanol–water partition coefficient (Wildman–Crippen LogP) is 1.21. The van der Waals surface area contributed by atoms with Gasteiger partial charge in [-0.25, -0.2) is 18.4 Å². The van der Waals surface area contributed by atoms with Gasteiger partial charge in [-0.1, -0.05) is 12.1 Å². The van der Waals surface area contributed by atoms with Crippen molar-refractivity contribution in [2.45, 2.75) is 36.5 Å². The number of aromatic nitrogens is 3. The molecule has 0 radical (unpaired) electrons. The van der Waals surface area contributed by atoms with Crippen molar-refractivity contribution >= 4 is 21.7 Å². The quantitative estimate of drug-likeness (QED) is 0.656. The normalized spacial score (nSPS) is 21.7. The van der Waals surface area contributed by atoms with Crippen LogP contribution in [0, 0.1) is 0 Å². The standard InChI is InChI=1S/C20H21N5O4S/c26-19(15-10-23-20-21-7-8-24(20)11-15)22-9-14-1-5-18(6-2-14)30(27,28)25-12-16-3-4-17(13-25)29-16/h1-2,5-8,10-11,16-17H,3-4,9,12-13H2,(H,22,26). The maximum Gasteiger partial charge on any atom is 0.254 e. The fourth-order valence-electron chi connectivity index (χ4n) is 3.92. The van der Waals surface area contributed by atoms with E-state index in [9.17, 15) is 13.2 Å². The third-order valence-electron chi connectivity index (χ3n) is 5.53. The van der Waals surface area contributed by atoms with Gasteiger partial charge >= 0.3 is 0 Å². The van der Waals surface area contributed by atoms with E-state index in [-0.39, 0.29) is 29.6 Å². The first-order valence-electron chi connectivity index (χ1n) is 9.80. The van der Waals surface area contributed by atoms with E-state index >= 15 is 0 Å². The number of imidazole rings is 1. The van der Waals surface area contributed by atoms with Crippen molar-refractivity contribution in [3.63, 3.8) is 0 Å². The maximum atomic E-state index is 12.9. The van der Waals surface area contributed by atoms with Crippen molar-refractivity contribution in [1.82, 2.24) is 24.0 Å². The highest BCUT2D eigenvalue weighted by molar-refractivity contribution is 7.89. The SMILES string of the molecule is O=C(NCc1ccc(S(=O)(=O)N2CC3CCC(C2)O3)cc1)c1cnc2nccn2c1. The van der Waals surface area contributed by atoms with E-state index in [2.05, 4.69) is 15.3 Å². The van der Waals surface area contributed by atoms with Crippen molar-refractivity contribution in [3.05, 3.63) is 60.2 Å². The molecule has 2 bridgehead atoms. The number of nitrogens with zero attached hydrogens (tertiary/aromatic N) is 4. The van der Waals surface area contributed by atoms with Crippen LogP contribution in [0.3, 0.4) is 0 Å². The van der Waals surface area contributed by atoms with Gasteiger partial charge < -0.3 is 10.1 Å². The van der Waals surface area contributed by atoms with Crippen LogP contribution in [0.4, 0.5) is 0 Å². The maximum absolute atomic E-state index is 12.9. The molecule has 0 saturated carbocycles. The molecule has 0 aliphatic carbocycles. The highest BCUT2D eigenvalue weighted by atomic mass is 32.2. The molecule has 0 spiro atoms. The molecule has 1 amide bonds. The molecule has 4 heterocycles. The van der Waals surface area contributed by atoms with Gasteiger partial charge in [-0.2, -0.15) is 4.31 Å². The molecule has 1 N–H and O–H groups in total. The second kappa shape index (κ2) is 7.46. The van der Waals surface area contributed by atoms with Gasteiger partial charge in [0.05, 0.1) is 22.7 Å². The van der Waals surface area contributed by atoms with E-state index in [1.54, 1.807) is 47.3 Å². The van der Waals surface area contributed by atoms with E-state index in [4.69, 9.17) is 4.74 Å². The van der Waals surface area contributed by atoms with Crippen LogP contribution in [0.1, 0.15) is 28.8 Å². The molecule has 30 heavy (non-hydrogen) atoms. The second-order valence-corrected chi connectivity index (χ2v) is 9.52. The van der Waals surface area contributed by atoms with Crippen LogP contribution >= 0.6 is 0 Å². The average Bonchev–Trinajstić information content (AvgIpc) is 3.37. The Morgan fingerprint density at radius 1 is 1.13 bits per heavy atom. The molecule has 2 saturated heterocycles. The van der Waals surface area contributed by atoms with E-state index in [0.717, 1.165) is 18.4 Å². The first kappa shape index (κ1) is 19.2. The lowest BCUT2D eigenvalue weighted by atomic mass is 10.2. The number of nitrogens with one attached hydrogen (secondary N) is 1. The van der Waals surface area contributed by atoms with Crippen LogP contribution in [0.5, 0.6) is 0 Å². The van der Waals surface area contributed by atoms with E-state index in [1.807, 2.05) is 0 Å². The largest absolute Gasteiger partial charge is 0.372 e. The van der Waals surface area contributed by atoms with E-state index in [0.29, 0.717) is 24.4 Å². The Bertz CT molecular complexity index is 1180. The summed E-state index contributed by atoms with van der Waals surface area (Å²) in [6.45, 7) is 1.10. The first-order chi connectivity index (χ1) is 14.5. The number of rotatable bonds is 5. The van der Waals surface area contributed by atoms with Crippen LogP contribution in [0.15, 0.2) is 53.9 Å². The molecule has 156 valence electrons. The number of sulfonamides is 1. The third kappa shape index (κ3) is 3.57. The predicted molar refractivity (Wildman–Crippen MR) is 107 cm³/mol. The Hall–Kier alpha value is -2.82. The molecule has 2 fully saturated rings. The van der Waals surface area contributed by atoms with Crippen molar-refractivity contribution in [2.24, 2.45) is 0 Å². The van der Waals surface area contributed by atoms with E-state index < -0.39 is 10.0 Å². The highest BCUT2D eigenvalue weighted by Gasteiger charge is 2.39. The van der Waals surface area contributed by atoms with E-state index in [1.165, 1.54) is 10.5 Å². The summed E-state index contributed by atoms with van der Waals surface area (Å²) in [4.78, 5) is 20.8. The van der Waals surface area contributed by atoms with Crippen molar-refractivity contribution in [1.29, 1.82) is 0 Å². The Balaban J connectivity index is 1.24. The monoisotopic (exact) mass is 427 g/mol. The molecule has 5 rings (SSSR count). The minimum absolute atomic E-state index is 0.00374. The Kier molecular flexibility index (Phi) is 4.76. The Labute approximate surface area is 173 Å². The molecule has 9 nitrogen and oxygen atoms in total. The summed E-state index contributed by atoms with van der Waals surface area (Å²) in [5.74, 6) is 0.259. The zero-order valence-corrected chi connectivity index (χ0v) is 17.0. The third-order valence-corrected chi connectivity index (χ3v) is 7.38. The lowest BCUT2D eigenvalue weighted by molar-refractivity contribution is -0.0114. The fourth-order valence-corrected chi connectivity index (χ4v) is 5.42. The lowest BCUT2D eigenvalue weighted by Gasteiger charge is -2.31. The van der Waals surface area contributed by atoms with Gasteiger partial charge in [0.2, 0.25) is 15.8 Å². The van der Waals surface area contributed by atoms with Gasteiger partial charge in [0, 0.05) is 44.4 Å². The second-order valence-electron chi connectivity index (χ2n) is 7.58. The Morgan fingerprint density at radius 3 is 2.60 bits per heavy atom. The summed E-state index contributed by atoms with van der Waals surface area (Å²) in [7, 11) is -3.55. The number of hydrogen-bond donors (Lipinski definition) is 1.